The summed E-state index contributed by atoms with van der Waals surface area (Å²) >= 11 is 8.14. The molecule has 0 saturated heterocycles. The third-order valence-electron chi connectivity index (χ3n) is 3.82. The molecular weight excluding hydrogens is 453 g/mol. The second-order valence-corrected chi connectivity index (χ2v) is 7.26. The lowest BCUT2D eigenvalue weighted by Gasteiger charge is -2.28. The summed E-state index contributed by atoms with van der Waals surface area (Å²) in [6.07, 6.45) is 0. The predicted molar refractivity (Wildman–Crippen MR) is 106 cm³/mol. The van der Waals surface area contributed by atoms with Crippen LogP contribution in [-0.2, 0) is 4.79 Å². The molecule has 1 aliphatic rings. The standard InChI is InChI=1S/C18H15ClIN3O2/c1-10-15(17(24)22-14-8-6-13(20)7-9-14)16(23-18(25)21-10)11-2-4-12(19)5-3-11/h2-9,16H,1H3,(H,22,24)(H2,21,23,25)/t16-/m1/s1. The van der Waals surface area contributed by atoms with Crippen molar-refractivity contribution in [3.8, 4) is 0 Å². The van der Waals surface area contributed by atoms with Gasteiger partial charge in [0.1, 0.15) is 0 Å². The van der Waals surface area contributed by atoms with Gasteiger partial charge in [-0.3, -0.25) is 4.79 Å². The molecule has 2 aromatic rings. The van der Waals surface area contributed by atoms with Crippen molar-refractivity contribution in [1.29, 1.82) is 0 Å². The summed E-state index contributed by atoms with van der Waals surface area (Å²) in [7, 11) is 0. The number of carbonyl (C=O) groups is 2. The maximum Gasteiger partial charge on any atom is 0.319 e. The molecule has 0 saturated carbocycles. The summed E-state index contributed by atoms with van der Waals surface area (Å²) < 4.78 is 1.08. The smallest absolute Gasteiger partial charge is 0.319 e. The predicted octanol–water partition coefficient (Wildman–Crippen LogP) is 4.21. The van der Waals surface area contributed by atoms with Gasteiger partial charge < -0.3 is 16.0 Å². The minimum Gasteiger partial charge on any atom is -0.327 e. The number of carbonyl (C=O) groups excluding carboxylic acids is 2. The van der Waals surface area contributed by atoms with Crippen molar-refractivity contribution in [2.75, 3.05) is 5.32 Å². The number of hydrogen-bond acceptors (Lipinski definition) is 2. The van der Waals surface area contributed by atoms with Crippen LogP contribution in [0.2, 0.25) is 5.02 Å². The minimum absolute atomic E-state index is 0.272. The van der Waals surface area contributed by atoms with E-state index < -0.39 is 6.04 Å². The minimum atomic E-state index is -0.546. The maximum absolute atomic E-state index is 12.8. The molecule has 0 aliphatic carbocycles. The zero-order chi connectivity index (χ0) is 18.0. The fraction of sp³-hybridized carbons (Fsp3) is 0.111. The number of benzene rings is 2. The number of allylic oxidation sites excluding steroid dienone is 1. The van der Waals surface area contributed by atoms with Crippen molar-refractivity contribution >= 4 is 51.8 Å². The Hall–Kier alpha value is -2.06. The molecule has 0 unspecified atom stereocenters. The highest BCUT2D eigenvalue weighted by atomic mass is 127. The molecule has 3 amide bonds. The number of amides is 3. The molecule has 128 valence electrons. The van der Waals surface area contributed by atoms with Crippen molar-refractivity contribution in [2.24, 2.45) is 0 Å². The van der Waals surface area contributed by atoms with Gasteiger partial charge in [0.15, 0.2) is 0 Å². The molecule has 25 heavy (non-hydrogen) atoms. The number of nitrogens with one attached hydrogen (secondary N) is 3. The second kappa shape index (κ2) is 7.45. The zero-order valence-electron chi connectivity index (χ0n) is 13.3. The lowest BCUT2D eigenvalue weighted by Crippen LogP contribution is -2.45. The van der Waals surface area contributed by atoms with E-state index in [0.717, 1.165) is 9.13 Å². The Labute approximate surface area is 164 Å². The van der Waals surface area contributed by atoms with Gasteiger partial charge in [0.25, 0.3) is 5.91 Å². The topological polar surface area (TPSA) is 70.2 Å². The first-order valence-electron chi connectivity index (χ1n) is 7.54. The number of anilines is 1. The Balaban J connectivity index is 1.92. The molecular formula is C18H15ClIN3O2. The zero-order valence-corrected chi connectivity index (χ0v) is 16.2. The summed E-state index contributed by atoms with van der Waals surface area (Å²) in [6.45, 7) is 1.71. The summed E-state index contributed by atoms with van der Waals surface area (Å²) in [6, 6.07) is 13.7. The molecule has 1 atom stereocenters. The van der Waals surface area contributed by atoms with Crippen molar-refractivity contribution in [3.05, 3.63) is 74.0 Å². The van der Waals surface area contributed by atoms with Crippen LogP contribution in [0, 0.1) is 3.57 Å². The maximum atomic E-state index is 12.8. The Bertz CT molecular complexity index is 848. The molecule has 7 heteroatoms. The Kier molecular flexibility index (Phi) is 5.29. The molecule has 1 heterocycles. The molecule has 3 rings (SSSR count). The quantitative estimate of drug-likeness (QED) is 0.592. The summed E-state index contributed by atoms with van der Waals surface area (Å²) in [5, 5.41) is 8.92. The van der Waals surface area contributed by atoms with Gasteiger partial charge in [0.2, 0.25) is 0 Å². The van der Waals surface area contributed by atoms with E-state index in [-0.39, 0.29) is 11.9 Å². The first kappa shape index (κ1) is 17.8. The Morgan fingerprint density at radius 3 is 2.40 bits per heavy atom. The van der Waals surface area contributed by atoms with E-state index >= 15 is 0 Å². The summed E-state index contributed by atoms with van der Waals surface area (Å²) in [5.74, 6) is -0.272. The molecule has 0 bridgehead atoms. The molecule has 3 N–H and O–H groups in total. The lowest BCUT2D eigenvalue weighted by molar-refractivity contribution is -0.113. The van der Waals surface area contributed by atoms with Crippen molar-refractivity contribution in [2.45, 2.75) is 13.0 Å². The van der Waals surface area contributed by atoms with Gasteiger partial charge >= 0.3 is 6.03 Å². The molecule has 5 nitrogen and oxygen atoms in total. The van der Waals surface area contributed by atoms with Gasteiger partial charge in [0.05, 0.1) is 11.6 Å². The van der Waals surface area contributed by atoms with Gasteiger partial charge in [-0.2, -0.15) is 0 Å². The molecule has 0 radical (unpaired) electrons. The number of urea groups is 1. The van der Waals surface area contributed by atoms with Crippen LogP contribution in [0.4, 0.5) is 10.5 Å². The molecule has 0 aromatic heterocycles. The summed E-state index contributed by atoms with van der Waals surface area (Å²) in [4.78, 5) is 24.7. The lowest BCUT2D eigenvalue weighted by atomic mass is 9.95. The molecule has 1 aliphatic heterocycles. The van der Waals surface area contributed by atoms with Crippen LogP contribution in [0.5, 0.6) is 0 Å². The highest BCUT2D eigenvalue weighted by Crippen LogP contribution is 2.28. The average molecular weight is 468 g/mol. The Morgan fingerprint density at radius 1 is 1.12 bits per heavy atom. The van der Waals surface area contributed by atoms with E-state index in [4.69, 9.17) is 11.6 Å². The van der Waals surface area contributed by atoms with Gasteiger partial charge in [-0.05, 0) is 71.5 Å². The van der Waals surface area contributed by atoms with E-state index in [9.17, 15) is 9.59 Å². The van der Waals surface area contributed by atoms with Gasteiger partial charge in [-0.25, -0.2) is 4.79 Å². The van der Waals surface area contributed by atoms with Crippen molar-refractivity contribution in [1.82, 2.24) is 10.6 Å². The van der Waals surface area contributed by atoms with Crippen LogP contribution in [0.1, 0.15) is 18.5 Å². The third kappa shape index (κ3) is 4.13. The highest BCUT2D eigenvalue weighted by Gasteiger charge is 2.31. The molecule has 0 fully saturated rings. The highest BCUT2D eigenvalue weighted by molar-refractivity contribution is 14.1. The third-order valence-corrected chi connectivity index (χ3v) is 4.79. The van der Waals surface area contributed by atoms with Gasteiger partial charge in [-0.15, -0.1) is 0 Å². The monoisotopic (exact) mass is 467 g/mol. The SMILES string of the molecule is CC1=C(C(=O)Nc2ccc(I)cc2)[C@@H](c2ccc(Cl)cc2)NC(=O)N1. The average Bonchev–Trinajstić information content (AvgIpc) is 2.57. The van der Waals surface area contributed by atoms with Crippen LogP contribution in [0.15, 0.2) is 59.8 Å². The normalized spacial score (nSPS) is 16.9. The first-order valence-corrected chi connectivity index (χ1v) is 9.00. The molecule has 2 aromatic carbocycles. The van der Waals surface area contributed by atoms with Crippen LogP contribution >= 0.6 is 34.2 Å². The van der Waals surface area contributed by atoms with Crippen LogP contribution < -0.4 is 16.0 Å². The summed E-state index contributed by atoms with van der Waals surface area (Å²) in [5.41, 5.74) is 2.45. The van der Waals surface area contributed by atoms with E-state index in [1.54, 1.807) is 31.2 Å². The largest absolute Gasteiger partial charge is 0.327 e. The van der Waals surface area contributed by atoms with Crippen molar-refractivity contribution in [3.63, 3.8) is 0 Å². The Morgan fingerprint density at radius 2 is 1.76 bits per heavy atom. The van der Waals surface area contributed by atoms with Crippen molar-refractivity contribution < 1.29 is 9.59 Å². The first-order chi connectivity index (χ1) is 11.9. The fourth-order valence-corrected chi connectivity index (χ4v) is 3.12. The van der Waals surface area contributed by atoms with Gasteiger partial charge in [-0.1, -0.05) is 23.7 Å². The van der Waals surface area contributed by atoms with Gasteiger partial charge in [0, 0.05) is 20.0 Å². The second-order valence-electron chi connectivity index (χ2n) is 5.58. The van der Waals surface area contributed by atoms with E-state index in [1.807, 2.05) is 24.3 Å². The van der Waals surface area contributed by atoms with E-state index in [2.05, 4.69) is 38.5 Å². The van der Waals surface area contributed by atoms with Crippen LogP contribution in [0.25, 0.3) is 0 Å². The fourth-order valence-electron chi connectivity index (χ4n) is 2.63. The number of hydrogen-bond donors (Lipinski definition) is 3. The van der Waals surface area contributed by atoms with Crippen LogP contribution in [0.3, 0.4) is 0 Å². The number of halogens is 2. The van der Waals surface area contributed by atoms with E-state index in [0.29, 0.717) is 22.0 Å². The van der Waals surface area contributed by atoms with E-state index in [1.165, 1.54) is 0 Å². The van der Waals surface area contributed by atoms with Crippen LogP contribution in [-0.4, -0.2) is 11.9 Å². The molecule has 0 spiro atoms. The number of rotatable bonds is 3.